The van der Waals surface area contributed by atoms with Gasteiger partial charge in [0.1, 0.15) is 5.75 Å². The highest BCUT2D eigenvalue weighted by atomic mass is 28.3. The van der Waals surface area contributed by atoms with Gasteiger partial charge in [-0.1, -0.05) is 72.9 Å². The summed E-state index contributed by atoms with van der Waals surface area (Å²) in [6, 6.07) is 23.8. The third kappa shape index (κ3) is 6.50. The molecular formula is C39H48N6O5Si. The van der Waals surface area contributed by atoms with Crippen LogP contribution in [-0.4, -0.2) is 72.9 Å². The van der Waals surface area contributed by atoms with Crippen molar-refractivity contribution in [2.45, 2.75) is 69.0 Å². The second kappa shape index (κ2) is 14.3. The zero-order chi connectivity index (χ0) is 35.8. The van der Waals surface area contributed by atoms with Crippen LogP contribution in [-0.2, 0) is 26.5 Å². The van der Waals surface area contributed by atoms with Crippen molar-refractivity contribution in [2.24, 2.45) is 11.8 Å². The largest absolute Gasteiger partial charge is 0.497 e. The number of hydrogen-bond donors (Lipinski definition) is 4. The summed E-state index contributed by atoms with van der Waals surface area (Å²) >= 11 is 0. The van der Waals surface area contributed by atoms with Gasteiger partial charge in [-0.15, -0.1) is 5.10 Å². The molecule has 12 heteroatoms. The van der Waals surface area contributed by atoms with E-state index in [-0.39, 0.29) is 47.8 Å². The number of carbonyl (C=O) groups excluding carboxylic acids is 2. The van der Waals surface area contributed by atoms with Crippen LogP contribution in [0.15, 0.2) is 79.0 Å². The Morgan fingerprint density at radius 3 is 2.65 bits per heavy atom. The lowest BCUT2D eigenvalue weighted by Gasteiger charge is -2.37. The normalized spacial score (nSPS) is 25.0. The second-order valence-electron chi connectivity index (χ2n) is 14.7. The highest BCUT2D eigenvalue weighted by Gasteiger charge is 2.64. The number of aliphatic hydroxyl groups excluding tert-OH is 1. The molecule has 4 N–H and O–H groups in total. The van der Waals surface area contributed by atoms with Gasteiger partial charge in [0.15, 0.2) is 5.60 Å². The molecule has 7 rings (SSSR count). The molecule has 0 radical (unpaired) electrons. The molecule has 1 aromatic heterocycles. The van der Waals surface area contributed by atoms with Gasteiger partial charge in [0, 0.05) is 42.1 Å². The van der Waals surface area contributed by atoms with E-state index in [0.717, 1.165) is 36.3 Å². The molecular weight excluding hydrogens is 661 g/mol. The summed E-state index contributed by atoms with van der Waals surface area (Å²) in [5.41, 5.74) is 2.64. The molecule has 0 bridgehead atoms. The minimum Gasteiger partial charge on any atom is -0.497 e. The molecule has 2 saturated heterocycles. The van der Waals surface area contributed by atoms with Gasteiger partial charge in [-0.3, -0.25) is 14.3 Å². The fourth-order valence-corrected chi connectivity index (χ4v) is 12.8. The van der Waals surface area contributed by atoms with Gasteiger partial charge in [0.05, 0.1) is 45.4 Å². The molecule has 2 unspecified atom stereocenters. The van der Waals surface area contributed by atoms with Crippen LogP contribution in [0.4, 0.5) is 11.4 Å². The van der Waals surface area contributed by atoms with Crippen LogP contribution in [0.2, 0.25) is 18.6 Å². The first-order chi connectivity index (χ1) is 24.6. The number of aromatic nitrogens is 3. The number of amides is 2. The van der Waals surface area contributed by atoms with Crippen LogP contribution in [0, 0.1) is 11.8 Å². The van der Waals surface area contributed by atoms with Crippen LogP contribution in [0.5, 0.6) is 5.75 Å². The van der Waals surface area contributed by atoms with Gasteiger partial charge >= 0.3 is 0 Å². The van der Waals surface area contributed by atoms with E-state index < -0.39 is 13.7 Å². The fourth-order valence-electron chi connectivity index (χ4n) is 8.70. The maximum atomic E-state index is 14.2. The van der Waals surface area contributed by atoms with Crippen LogP contribution < -0.4 is 25.9 Å². The highest BCUT2D eigenvalue weighted by Crippen LogP contribution is 2.59. The Balaban J connectivity index is 1.20. The average molecular weight is 709 g/mol. The average Bonchev–Trinajstić information content (AvgIpc) is 3.82. The molecule has 11 nitrogen and oxygen atoms in total. The van der Waals surface area contributed by atoms with Gasteiger partial charge in [0.2, 0.25) is 5.91 Å². The first kappa shape index (κ1) is 35.1. The van der Waals surface area contributed by atoms with E-state index in [2.05, 4.69) is 58.4 Å². The summed E-state index contributed by atoms with van der Waals surface area (Å²) < 4.78 is 14.4. The Labute approximate surface area is 300 Å². The minimum absolute atomic E-state index is 0.0134. The van der Waals surface area contributed by atoms with E-state index in [0.29, 0.717) is 36.6 Å². The van der Waals surface area contributed by atoms with Crippen molar-refractivity contribution in [3.8, 4) is 5.75 Å². The number of anilines is 2. The van der Waals surface area contributed by atoms with Gasteiger partial charge < -0.3 is 30.5 Å². The predicted molar refractivity (Wildman–Crippen MR) is 199 cm³/mol. The number of methoxy groups -OCH3 is 1. The molecule has 3 aromatic carbocycles. The van der Waals surface area contributed by atoms with Crippen LogP contribution >= 0.6 is 0 Å². The fraction of sp³-hybridized carbons (Fsp3) is 0.436. The number of aliphatic hydroxyl groups is 1. The van der Waals surface area contributed by atoms with E-state index in [1.807, 2.05) is 71.5 Å². The van der Waals surface area contributed by atoms with E-state index in [4.69, 9.17) is 9.47 Å². The van der Waals surface area contributed by atoms with Crippen molar-refractivity contribution in [2.75, 3.05) is 37.4 Å². The monoisotopic (exact) mass is 708 g/mol. The lowest BCUT2D eigenvalue weighted by Crippen LogP contribution is -2.51. The molecule has 2 fully saturated rings. The zero-order valence-corrected chi connectivity index (χ0v) is 30.8. The van der Waals surface area contributed by atoms with Crippen molar-refractivity contribution in [3.05, 3.63) is 95.8 Å². The molecule has 3 aliphatic rings. The van der Waals surface area contributed by atoms with Gasteiger partial charge in [-0.2, -0.15) is 0 Å². The van der Waals surface area contributed by atoms with Crippen LogP contribution in [0.1, 0.15) is 48.9 Å². The first-order valence-electron chi connectivity index (χ1n) is 18.0. The van der Waals surface area contributed by atoms with Crippen LogP contribution in [0.25, 0.3) is 0 Å². The number of hydrogen-bond acceptors (Lipinski definition) is 8. The zero-order valence-electron chi connectivity index (χ0n) is 29.8. The molecule has 0 aliphatic carbocycles. The number of nitrogens with zero attached hydrogens (tertiary/aromatic N) is 3. The Kier molecular flexibility index (Phi) is 9.86. The number of piperidine rings is 1. The van der Waals surface area contributed by atoms with E-state index in [9.17, 15) is 14.7 Å². The van der Waals surface area contributed by atoms with Gasteiger partial charge in [-0.25, -0.2) is 0 Å². The third-order valence-corrected chi connectivity index (χ3v) is 15.8. The SMILES string of the molecule is COc1ccc([Si](C)(C)[C@@H]2[C@@H](CCn3cc(C(CO)c4ccccc4)nn3)O[C@]3(C(=O)Nc4ccc(NC(=O)C5CCCNC5)cc43)[C@H]2C)cc1. The van der Waals surface area contributed by atoms with Crippen molar-refractivity contribution >= 4 is 36.4 Å². The summed E-state index contributed by atoms with van der Waals surface area (Å²) in [6.45, 7) is 8.90. The smallest absolute Gasteiger partial charge is 0.261 e. The highest BCUT2D eigenvalue weighted by molar-refractivity contribution is 6.91. The number of ether oxygens (including phenoxy) is 2. The Morgan fingerprint density at radius 1 is 1.16 bits per heavy atom. The molecule has 51 heavy (non-hydrogen) atoms. The van der Waals surface area contributed by atoms with E-state index in [1.165, 1.54) is 5.19 Å². The summed E-state index contributed by atoms with van der Waals surface area (Å²) in [4.78, 5) is 27.4. The second-order valence-corrected chi connectivity index (χ2v) is 19.4. The quantitative estimate of drug-likeness (QED) is 0.166. The molecule has 3 aliphatic heterocycles. The number of fused-ring (bicyclic) bond motifs is 2. The topological polar surface area (TPSA) is 140 Å². The Hall–Kier alpha value is -4.36. The third-order valence-electron chi connectivity index (χ3n) is 11.5. The molecule has 4 aromatic rings. The van der Waals surface area contributed by atoms with Gasteiger partial charge in [0.25, 0.3) is 5.91 Å². The van der Waals surface area contributed by atoms with Crippen molar-refractivity contribution < 1.29 is 24.2 Å². The van der Waals surface area contributed by atoms with Crippen LogP contribution in [0.3, 0.4) is 0 Å². The number of nitrogens with one attached hydrogen (secondary N) is 3. The number of rotatable bonds is 11. The molecule has 1 spiro atoms. The summed E-state index contributed by atoms with van der Waals surface area (Å²) in [5, 5.41) is 29.9. The molecule has 2 amide bonds. The Bertz CT molecular complexity index is 1860. The summed E-state index contributed by atoms with van der Waals surface area (Å²) in [5.74, 6) is 0.0695. The predicted octanol–water partition coefficient (Wildman–Crippen LogP) is 4.61. The van der Waals surface area contributed by atoms with Crippen molar-refractivity contribution in [1.82, 2.24) is 20.3 Å². The molecule has 6 atom stereocenters. The molecule has 4 heterocycles. The van der Waals surface area contributed by atoms with Crippen molar-refractivity contribution in [3.63, 3.8) is 0 Å². The van der Waals surface area contributed by atoms with E-state index >= 15 is 0 Å². The lowest BCUT2D eigenvalue weighted by molar-refractivity contribution is -0.143. The number of aryl methyl sites for hydroxylation is 1. The Morgan fingerprint density at radius 2 is 1.94 bits per heavy atom. The summed E-state index contributed by atoms with van der Waals surface area (Å²) in [6.07, 6.45) is 4.05. The van der Waals surface area contributed by atoms with E-state index in [1.54, 1.807) is 7.11 Å². The standard InChI is InChI=1S/C39H48N6O5Si/c1-25-36(51(3,4)30-15-13-29(49-2)14-16-30)35(18-20-45-23-34(43-44-45)31(24-46)26-9-6-5-7-10-26)50-39(25)32-21-28(12-17-33(32)42-38(39)48)41-37(47)27-11-8-19-40-22-27/h5-7,9-10,12-17,21,23,25,27,31,35-36,40,46H,8,11,18-20,22,24H2,1-4H3,(H,41,47)(H,42,48)/t25-,27?,31?,35+,36-,39+/m0/s1. The molecule has 0 saturated carbocycles. The lowest BCUT2D eigenvalue weighted by atomic mass is 9.82. The number of benzene rings is 3. The maximum Gasteiger partial charge on any atom is 0.261 e. The first-order valence-corrected chi connectivity index (χ1v) is 21.1. The minimum atomic E-state index is -2.33. The van der Waals surface area contributed by atoms with Crippen molar-refractivity contribution in [1.29, 1.82) is 0 Å². The van der Waals surface area contributed by atoms with Gasteiger partial charge in [-0.05, 0) is 67.2 Å². The summed E-state index contributed by atoms with van der Waals surface area (Å²) in [7, 11) is -0.663. The maximum absolute atomic E-state index is 14.2. The molecule has 268 valence electrons. The number of carbonyl (C=O) groups is 2.